The number of ether oxygens (including phenoxy) is 1. The lowest BCUT2D eigenvalue weighted by Gasteiger charge is -2.46. The van der Waals surface area contributed by atoms with Crippen LogP contribution in [-0.2, 0) is 4.79 Å². The van der Waals surface area contributed by atoms with Gasteiger partial charge in [0.1, 0.15) is 17.6 Å². The number of para-hydroxylation sites is 1. The van der Waals surface area contributed by atoms with Gasteiger partial charge in [-0.25, -0.2) is 0 Å². The molecule has 2 fully saturated rings. The summed E-state index contributed by atoms with van der Waals surface area (Å²) >= 11 is 0. The first kappa shape index (κ1) is 19.2. The molecule has 3 aliphatic rings. The highest BCUT2D eigenvalue weighted by molar-refractivity contribution is 5.93. The van der Waals surface area contributed by atoms with E-state index in [-0.39, 0.29) is 23.3 Å². The maximum Gasteiger partial charge on any atom is 0.257 e. The highest BCUT2D eigenvalue weighted by Crippen LogP contribution is 2.46. The number of hydrogen-bond acceptors (Lipinski definition) is 4. The zero-order valence-corrected chi connectivity index (χ0v) is 17.1. The van der Waals surface area contributed by atoms with Crippen LogP contribution in [0.4, 0.5) is 0 Å². The van der Waals surface area contributed by atoms with E-state index >= 15 is 0 Å². The summed E-state index contributed by atoms with van der Waals surface area (Å²) in [5, 5.41) is 3.11. The molecule has 2 aliphatic heterocycles. The topological polar surface area (TPSA) is 71.8 Å². The van der Waals surface area contributed by atoms with Gasteiger partial charge in [-0.2, -0.15) is 0 Å². The standard InChI is InChI=1S/C24H28N2O4/c27-22(25-15-17-5-6-17)13-19-14-24(30-21-4-2-1-3-20(19)21)8-10-26(11-9-24)23(28)18-7-12-29-16-18/h1-4,7,12,16-17,19H,5-6,8-11,13-15H2,(H,25,27). The molecule has 1 spiro atoms. The maximum atomic E-state index is 12.6. The molecule has 5 rings (SSSR count). The molecule has 3 heterocycles. The van der Waals surface area contributed by atoms with E-state index in [0.717, 1.165) is 37.1 Å². The van der Waals surface area contributed by atoms with E-state index in [1.807, 2.05) is 23.1 Å². The van der Waals surface area contributed by atoms with Gasteiger partial charge in [-0.3, -0.25) is 9.59 Å². The Kier molecular flexibility index (Phi) is 5.01. The van der Waals surface area contributed by atoms with Gasteiger partial charge in [0.05, 0.1) is 11.8 Å². The predicted octanol–water partition coefficient (Wildman–Crippen LogP) is 3.74. The molecule has 1 aromatic carbocycles. The summed E-state index contributed by atoms with van der Waals surface area (Å²) in [6.45, 7) is 2.10. The van der Waals surface area contributed by atoms with E-state index in [1.54, 1.807) is 6.07 Å². The molecule has 1 saturated heterocycles. The number of piperidine rings is 1. The Bertz CT molecular complexity index is 911. The minimum atomic E-state index is -0.316. The summed E-state index contributed by atoms with van der Waals surface area (Å²) in [7, 11) is 0. The Balaban J connectivity index is 1.28. The molecule has 6 heteroatoms. The molecule has 1 atom stereocenters. The van der Waals surface area contributed by atoms with E-state index in [4.69, 9.17) is 9.15 Å². The zero-order valence-electron chi connectivity index (χ0n) is 17.1. The van der Waals surface area contributed by atoms with Gasteiger partial charge in [0, 0.05) is 44.8 Å². The molecule has 158 valence electrons. The van der Waals surface area contributed by atoms with E-state index < -0.39 is 0 Å². The maximum absolute atomic E-state index is 12.6. The van der Waals surface area contributed by atoms with Crippen LogP contribution < -0.4 is 10.1 Å². The summed E-state index contributed by atoms with van der Waals surface area (Å²) in [5.74, 6) is 1.85. The first-order valence-electron chi connectivity index (χ1n) is 11.0. The lowest BCUT2D eigenvalue weighted by molar-refractivity contribution is -0.122. The first-order valence-corrected chi connectivity index (χ1v) is 11.0. The van der Waals surface area contributed by atoms with Crippen molar-refractivity contribution in [2.75, 3.05) is 19.6 Å². The summed E-state index contributed by atoms with van der Waals surface area (Å²) in [6.07, 6.45) is 8.33. The summed E-state index contributed by atoms with van der Waals surface area (Å²) in [6, 6.07) is 9.80. The van der Waals surface area contributed by atoms with Crippen molar-refractivity contribution in [2.45, 2.75) is 50.0 Å². The van der Waals surface area contributed by atoms with Crippen molar-refractivity contribution < 1.29 is 18.7 Å². The Labute approximate surface area is 176 Å². The number of likely N-dealkylation sites (tertiary alicyclic amines) is 1. The highest BCUT2D eigenvalue weighted by Gasteiger charge is 2.44. The molecule has 1 saturated carbocycles. The highest BCUT2D eigenvalue weighted by atomic mass is 16.5. The number of furan rings is 1. The zero-order chi connectivity index (χ0) is 20.6. The minimum Gasteiger partial charge on any atom is -0.487 e. The third-order valence-electron chi connectivity index (χ3n) is 6.75. The van der Waals surface area contributed by atoms with Gasteiger partial charge in [-0.05, 0) is 42.9 Å². The largest absolute Gasteiger partial charge is 0.487 e. The van der Waals surface area contributed by atoms with Crippen molar-refractivity contribution in [3.8, 4) is 5.75 Å². The molecule has 1 aliphatic carbocycles. The third-order valence-corrected chi connectivity index (χ3v) is 6.75. The second-order valence-electron chi connectivity index (χ2n) is 8.98. The van der Waals surface area contributed by atoms with E-state index in [0.29, 0.717) is 31.0 Å². The summed E-state index contributed by atoms with van der Waals surface area (Å²) in [4.78, 5) is 27.1. The molecular weight excluding hydrogens is 380 g/mol. The van der Waals surface area contributed by atoms with E-state index in [9.17, 15) is 9.59 Å². The van der Waals surface area contributed by atoms with Gasteiger partial charge < -0.3 is 19.4 Å². The lowest BCUT2D eigenvalue weighted by atomic mass is 9.76. The molecule has 1 aromatic heterocycles. The van der Waals surface area contributed by atoms with Gasteiger partial charge in [0.15, 0.2) is 0 Å². The second-order valence-corrected chi connectivity index (χ2v) is 8.98. The van der Waals surface area contributed by atoms with Crippen LogP contribution in [0.2, 0.25) is 0 Å². The average molecular weight is 408 g/mol. The molecule has 0 bridgehead atoms. The quantitative estimate of drug-likeness (QED) is 0.818. The number of rotatable bonds is 5. The second kappa shape index (κ2) is 7.82. The smallest absolute Gasteiger partial charge is 0.257 e. The van der Waals surface area contributed by atoms with Crippen molar-refractivity contribution in [1.29, 1.82) is 0 Å². The van der Waals surface area contributed by atoms with Crippen LogP contribution in [0.1, 0.15) is 60.4 Å². The molecule has 30 heavy (non-hydrogen) atoms. The Morgan fingerprint density at radius 2 is 1.93 bits per heavy atom. The number of nitrogens with one attached hydrogen (secondary N) is 1. The Morgan fingerprint density at radius 1 is 1.13 bits per heavy atom. The molecule has 1 unspecified atom stereocenters. The van der Waals surface area contributed by atoms with Crippen LogP contribution in [-0.4, -0.2) is 41.9 Å². The normalized spacial score (nSPS) is 22.3. The van der Waals surface area contributed by atoms with Crippen molar-refractivity contribution >= 4 is 11.8 Å². The van der Waals surface area contributed by atoms with Crippen molar-refractivity contribution in [2.24, 2.45) is 5.92 Å². The van der Waals surface area contributed by atoms with Crippen LogP contribution >= 0.6 is 0 Å². The molecular formula is C24H28N2O4. The fraction of sp³-hybridized carbons (Fsp3) is 0.500. The first-order chi connectivity index (χ1) is 14.6. The Morgan fingerprint density at radius 3 is 2.67 bits per heavy atom. The van der Waals surface area contributed by atoms with Gasteiger partial charge in [0.2, 0.25) is 5.91 Å². The predicted molar refractivity (Wildman–Crippen MR) is 111 cm³/mol. The number of fused-ring (bicyclic) bond motifs is 1. The number of carbonyl (C=O) groups excluding carboxylic acids is 2. The van der Waals surface area contributed by atoms with Crippen LogP contribution in [0.3, 0.4) is 0 Å². The number of benzene rings is 1. The third kappa shape index (κ3) is 3.95. The van der Waals surface area contributed by atoms with E-state index in [1.165, 1.54) is 25.4 Å². The average Bonchev–Trinajstić information content (AvgIpc) is 3.43. The SMILES string of the molecule is O=C(CC1CC2(CCN(C(=O)c3ccoc3)CC2)Oc2ccccc21)NCC1CC1. The number of nitrogens with zero attached hydrogens (tertiary/aromatic N) is 1. The van der Waals surface area contributed by atoms with Gasteiger partial charge >= 0.3 is 0 Å². The molecule has 2 aromatic rings. The number of hydrogen-bond donors (Lipinski definition) is 1. The van der Waals surface area contributed by atoms with Gasteiger partial charge in [-0.1, -0.05) is 18.2 Å². The van der Waals surface area contributed by atoms with Crippen molar-refractivity contribution in [3.63, 3.8) is 0 Å². The molecule has 1 N–H and O–H groups in total. The molecule has 2 amide bonds. The van der Waals surface area contributed by atoms with Gasteiger partial charge in [-0.15, -0.1) is 0 Å². The summed E-state index contributed by atoms with van der Waals surface area (Å²) in [5.41, 5.74) is 1.40. The monoisotopic (exact) mass is 408 g/mol. The van der Waals surface area contributed by atoms with Crippen LogP contribution in [0.15, 0.2) is 47.3 Å². The van der Waals surface area contributed by atoms with Crippen molar-refractivity contribution in [3.05, 3.63) is 54.0 Å². The summed E-state index contributed by atoms with van der Waals surface area (Å²) < 4.78 is 11.6. The fourth-order valence-corrected chi connectivity index (χ4v) is 4.80. The lowest BCUT2D eigenvalue weighted by Crippen LogP contribution is -2.52. The Hall–Kier alpha value is -2.76. The minimum absolute atomic E-state index is 0.00538. The van der Waals surface area contributed by atoms with Crippen molar-refractivity contribution in [1.82, 2.24) is 10.2 Å². The van der Waals surface area contributed by atoms with Crippen LogP contribution in [0.25, 0.3) is 0 Å². The van der Waals surface area contributed by atoms with E-state index in [2.05, 4.69) is 11.4 Å². The number of amides is 2. The molecule has 6 nitrogen and oxygen atoms in total. The van der Waals surface area contributed by atoms with Gasteiger partial charge in [0.25, 0.3) is 5.91 Å². The number of carbonyl (C=O) groups is 2. The molecule has 0 radical (unpaired) electrons. The van der Waals surface area contributed by atoms with Crippen LogP contribution in [0, 0.1) is 5.92 Å². The van der Waals surface area contributed by atoms with Crippen LogP contribution in [0.5, 0.6) is 5.75 Å². The fourth-order valence-electron chi connectivity index (χ4n) is 4.80.